The molecule has 0 bridgehead atoms. The third-order valence-corrected chi connectivity index (χ3v) is 7.26. The van der Waals surface area contributed by atoms with Crippen LogP contribution in [0.4, 0.5) is 0 Å². The summed E-state index contributed by atoms with van der Waals surface area (Å²) >= 11 is 4.73. The number of ether oxygens (including phenoxy) is 2. The second kappa shape index (κ2) is 12.6. The minimum Gasteiger partial charge on any atom is -0.494 e. The van der Waals surface area contributed by atoms with Crippen molar-refractivity contribution < 1.29 is 14.4 Å². The zero-order valence-electron chi connectivity index (χ0n) is 20.7. The smallest absolute Gasteiger partial charge is 0.220 e. The third kappa shape index (κ3) is 6.51. The second-order valence-corrected chi connectivity index (χ2v) is 10.2. The van der Waals surface area contributed by atoms with Crippen LogP contribution >= 0.6 is 27.7 Å². The molecular formula is C27H24BrN5O4S. The average Bonchev–Trinajstić information content (AvgIpc) is 3.27. The predicted octanol–water partition coefficient (Wildman–Crippen LogP) is 6.30. The number of benzene rings is 3. The van der Waals surface area contributed by atoms with Crippen LogP contribution in [-0.4, -0.2) is 32.8 Å². The molecule has 0 aliphatic rings. The summed E-state index contributed by atoms with van der Waals surface area (Å²) in [5, 5.41) is 29.6. The number of nitriles is 1. The summed E-state index contributed by atoms with van der Waals surface area (Å²) in [4.78, 5) is 11.4. The highest BCUT2D eigenvalue weighted by Crippen LogP contribution is 2.41. The average molecular weight is 594 g/mol. The van der Waals surface area contributed by atoms with Crippen molar-refractivity contribution in [3.8, 4) is 23.3 Å². The summed E-state index contributed by atoms with van der Waals surface area (Å²) in [6.45, 7) is 4.10. The molecule has 38 heavy (non-hydrogen) atoms. The van der Waals surface area contributed by atoms with E-state index in [9.17, 15) is 15.4 Å². The molecule has 3 aromatic carbocycles. The highest BCUT2D eigenvalue weighted by atomic mass is 79.9. The fourth-order valence-corrected chi connectivity index (χ4v) is 5.42. The summed E-state index contributed by atoms with van der Waals surface area (Å²) in [5.41, 5.74) is 2.70. The molecule has 0 fully saturated rings. The Morgan fingerprint density at radius 3 is 2.61 bits per heavy atom. The lowest BCUT2D eigenvalue weighted by Gasteiger charge is -2.19. The Bertz CT molecular complexity index is 1470. The molecule has 1 aromatic heterocycles. The van der Waals surface area contributed by atoms with Gasteiger partial charge in [-0.3, -0.25) is 14.7 Å². The first-order valence-corrected chi connectivity index (χ1v) is 13.4. The predicted molar refractivity (Wildman–Crippen MR) is 147 cm³/mol. The van der Waals surface area contributed by atoms with Crippen molar-refractivity contribution >= 4 is 27.7 Å². The van der Waals surface area contributed by atoms with E-state index in [-0.39, 0.29) is 18.1 Å². The number of aromatic nitrogens is 3. The number of hydrogen-bond donors (Lipinski definition) is 0. The molecule has 11 heteroatoms. The Kier molecular flexibility index (Phi) is 8.99. The third-order valence-electron chi connectivity index (χ3n) is 5.60. The van der Waals surface area contributed by atoms with E-state index in [2.05, 4.69) is 32.2 Å². The van der Waals surface area contributed by atoms with Crippen molar-refractivity contribution in [2.45, 2.75) is 30.9 Å². The highest BCUT2D eigenvalue weighted by molar-refractivity contribution is 9.10. The van der Waals surface area contributed by atoms with Crippen molar-refractivity contribution in [2.24, 2.45) is 0 Å². The number of aryl methyl sites for hydroxylation is 1. The molecule has 9 nitrogen and oxygen atoms in total. The molecule has 1 atom stereocenters. The van der Waals surface area contributed by atoms with Gasteiger partial charge in [-0.05, 0) is 62.4 Å². The van der Waals surface area contributed by atoms with Gasteiger partial charge in [-0.1, -0.05) is 45.9 Å². The van der Waals surface area contributed by atoms with E-state index < -0.39 is 5.25 Å². The van der Waals surface area contributed by atoms with Crippen LogP contribution in [0, 0.1) is 28.4 Å². The molecule has 0 unspecified atom stereocenters. The molecular weight excluding hydrogens is 570 g/mol. The van der Waals surface area contributed by atoms with Gasteiger partial charge in [0.2, 0.25) is 6.54 Å². The summed E-state index contributed by atoms with van der Waals surface area (Å²) in [5.74, 6) is 1.88. The van der Waals surface area contributed by atoms with Gasteiger partial charge in [-0.15, -0.1) is 10.2 Å². The number of halogens is 1. The Morgan fingerprint density at radius 2 is 1.89 bits per heavy atom. The summed E-state index contributed by atoms with van der Waals surface area (Å²) < 4.78 is 14.3. The molecule has 0 saturated carbocycles. The van der Waals surface area contributed by atoms with E-state index in [0.717, 1.165) is 21.5 Å². The SMILES string of the molecule is CCOc1ccc(-n2c(C)nnc2S[C@@H](C[N+](=O)[O-])c2cc(Br)ccc2OCc2ccccc2C#N)cc1. The van der Waals surface area contributed by atoms with Gasteiger partial charge in [-0.25, -0.2) is 0 Å². The quantitative estimate of drug-likeness (QED) is 0.113. The van der Waals surface area contributed by atoms with Crippen LogP contribution in [0.25, 0.3) is 5.69 Å². The van der Waals surface area contributed by atoms with Crippen molar-refractivity contribution in [2.75, 3.05) is 13.2 Å². The first-order chi connectivity index (χ1) is 18.4. The van der Waals surface area contributed by atoms with Crippen molar-refractivity contribution in [1.29, 1.82) is 5.26 Å². The van der Waals surface area contributed by atoms with Crippen LogP contribution in [0.1, 0.15) is 34.7 Å². The van der Waals surface area contributed by atoms with Gasteiger partial charge in [0.15, 0.2) is 5.16 Å². The largest absolute Gasteiger partial charge is 0.494 e. The number of thioether (sulfide) groups is 1. The second-order valence-electron chi connectivity index (χ2n) is 8.15. The van der Waals surface area contributed by atoms with Crippen LogP contribution in [0.2, 0.25) is 0 Å². The van der Waals surface area contributed by atoms with E-state index in [0.29, 0.717) is 34.5 Å². The lowest BCUT2D eigenvalue weighted by Crippen LogP contribution is -2.13. The lowest BCUT2D eigenvalue weighted by atomic mass is 10.1. The Labute approximate surface area is 232 Å². The minimum atomic E-state index is -0.631. The van der Waals surface area contributed by atoms with Gasteiger partial charge < -0.3 is 9.47 Å². The molecule has 0 aliphatic heterocycles. The van der Waals surface area contributed by atoms with E-state index in [1.165, 1.54) is 11.8 Å². The number of hydrogen-bond acceptors (Lipinski definition) is 8. The van der Waals surface area contributed by atoms with E-state index in [1.807, 2.05) is 66.9 Å². The molecule has 0 amide bonds. The van der Waals surface area contributed by atoms with Gasteiger partial charge in [0.25, 0.3) is 0 Å². The van der Waals surface area contributed by atoms with Gasteiger partial charge in [0.05, 0.1) is 18.2 Å². The molecule has 1 heterocycles. The van der Waals surface area contributed by atoms with E-state index >= 15 is 0 Å². The summed E-state index contributed by atoms with van der Waals surface area (Å²) in [7, 11) is 0. The zero-order valence-corrected chi connectivity index (χ0v) is 23.1. The first-order valence-electron chi connectivity index (χ1n) is 11.7. The molecule has 4 rings (SSSR count). The summed E-state index contributed by atoms with van der Waals surface area (Å²) in [6.07, 6.45) is 0. The van der Waals surface area contributed by atoms with Crippen LogP contribution in [-0.2, 0) is 6.61 Å². The van der Waals surface area contributed by atoms with E-state index in [1.54, 1.807) is 18.2 Å². The topological polar surface area (TPSA) is 116 Å². The normalized spacial score (nSPS) is 11.5. The van der Waals surface area contributed by atoms with Crippen molar-refractivity contribution in [3.63, 3.8) is 0 Å². The van der Waals surface area contributed by atoms with Crippen molar-refractivity contribution in [1.82, 2.24) is 14.8 Å². The maximum absolute atomic E-state index is 11.7. The monoisotopic (exact) mass is 593 g/mol. The first kappa shape index (κ1) is 27.2. The molecule has 0 N–H and O–H groups in total. The summed E-state index contributed by atoms with van der Waals surface area (Å²) in [6, 6.07) is 22.3. The fourth-order valence-electron chi connectivity index (χ4n) is 3.85. The molecule has 0 spiro atoms. The van der Waals surface area contributed by atoms with E-state index in [4.69, 9.17) is 9.47 Å². The van der Waals surface area contributed by atoms with Gasteiger partial charge >= 0.3 is 0 Å². The molecule has 4 aromatic rings. The maximum Gasteiger partial charge on any atom is 0.220 e. The van der Waals surface area contributed by atoms with Crippen LogP contribution in [0.5, 0.6) is 11.5 Å². The van der Waals surface area contributed by atoms with Crippen LogP contribution in [0.15, 0.2) is 76.4 Å². The highest BCUT2D eigenvalue weighted by Gasteiger charge is 2.27. The van der Waals surface area contributed by atoms with Gasteiger partial charge in [0, 0.05) is 26.2 Å². The van der Waals surface area contributed by atoms with Crippen LogP contribution in [0.3, 0.4) is 0 Å². The number of rotatable bonds is 11. The molecule has 0 aliphatic carbocycles. The molecule has 194 valence electrons. The lowest BCUT2D eigenvalue weighted by molar-refractivity contribution is -0.479. The fraction of sp³-hybridized carbons (Fsp3) is 0.222. The Morgan fingerprint density at radius 1 is 1.13 bits per heavy atom. The van der Waals surface area contributed by atoms with Gasteiger partial charge in [0.1, 0.15) is 29.2 Å². The minimum absolute atomic E-state index is 0.148. The Balaban J connectivity index is 1.67. The standard InChI is InChI=1S/C27H24BrN5O4S/c1-3-36-23-11-9-22(10-12-23)33-18(2)30-31-27(33)38-26(16-32(34)35)24-14-21(28)8-13-25(24)37-17-20-7-5-4-6-19(20)15-29/h4-14,26H,3,16-17H2,1-2H3/t26-/m0/s1. The molecule has 0 radical (unpaired) electrons. The van der Waals surface area contributed by atoms with Crippen molar-refractivity contribution in [3.05, 3.63) is 104 Å². The maximum atomic E-state index is 11.7. The molecule has 0 saturated heterocycles. The number of nitro groups is 1. The zero-order chi connectivity index (χ0) is 27.1. The Hall–Kier alpha value is -3.88. The van der Waals surface area contributed by atoms with Crippen LogP contribution < -0.4 is 9.47 Å². The van der Waals surface area contributed by atoms with Gasteiger partial charge in [-0.2, -0.15) is 5.26 Å². The number of nitrogens with zero attached hydrogens (tertiary/aromatic N) is 5.